The lowest BCUT2D eigenvalue weighted by Gasteiger charge is -2.31. The average molecular weight is 365 g/mol. The zero-order chi connectivity index (χ0) is 19.6. The van der Waals surface area contributed by atoms with Gasteiger partial charge < -0.3 is 9.80 Å². The van der Waals surface area contributed by atoms with Gasteiger partial charge in [-0.25, -0.2) is 4.98 Å². The summed E-state index contributed by atoms with van der Waals surface area (Å²) in [7, 11) is 3.84. The van der Waals surface area contributed by atoms with E-state index >= 15 is 0 Å². The molecule has 3 rings (SSSR count). The number of carbonyl (C=O) groups excluding carboxylic acids is 2. The average Bonchev–Trinajstić information content (AvgIpc) is 2.67. The Balaban J connectivity index is 1.62. The fourth-order valence-electron chi connectivity index (χ4n) is 3.61. The Morgan fingerprint density at radius 3 is 2.33 bits per heavy atom. The molecule has 0 radical (unpaired) electrons. The lowest BCUT2D eigenvalue weighted by Crippen LogP contribution is -2.40. The molecule has 2 aromatic rings. The van der Waals surface area contributed by atoms with Crippen LogP contribution < -0.4 is 4.90 Å². The van der Waals surface area contributed by atoms with Gasteiger partial charge in [-0.05, 0) is 44.4 Å². The molecule has 0 bridgehead atoms. The number of piperidine rings is 1. The van der Waals surface area contributed by atoms with Gasteiger partial charge in [0.1, 0.15) is 5.82 Å². The van der Waals surface area contributed by atoms with Gasteiger partial charge >= 0.3 is 0 Å². The predicted molar refractivity (Wildman–Crippen MR) is 107 cm³/mol. The summed E-state index contributed by atoms with van der Waals surface area (Å²) in [4.78, 5) is 33.6. The Hall–Kier alpha value is -2.69. The molecule has 0 aliphatic carbocycles. The molecule has 27 heavy (non-hydrogen) atoms. The van der Waals surface area contributed by atoms with E-state index in [0.29, 0.717) is 31.5 Å². The Morgan fingerprint density at radius 2 is 1.78 bits per heavy atom. The summed E-state index contributed by atoms with van der Waals surface area (Å²) >= 11 is 0. The summed E-state index contributed by atoms with van der Waals surface area (Å²) < 4.78 is 0. The molecule has 1 aromatic heterocycles. The summed E-state index contributed by atoms with van der Waals surface area (Å²) in [5.74, 6) is 1.01. The first-order chi connectivity index (χ1) is 12.9. The molecule has 142 valence electrons. The van der Waals surface area contributed by atoms with E-state index in [1.54, 1.807) is 6.20 Å². The molecule has 0 spiro atoms. The highest BCUT2D eigenvalue weighted by molar-refractivity contribution is 5.99. The van der Waals surface area contributed by atoms with Crippen molar-refractivity contribution in [3.63, 3.8) is 0 Å². The molecule has 1 saturated heterocycles. The van der Waals surface area contributed by atoms with Gasteiger partial charge in [0.25, 0.3) is 5.91 Å². The van der Waals surface area contributed by atoms with Crippen LogP contribution in [0.4, 0.5) is 5.82 Å². The molecular formula is C22H27N3O2. The van der Waals surface area contributed by atoms with E-state index in [0.717, 1.165) is 16.9 Å². The van der Waals surface area contributed by atoms with Crippen LogP contribution in [0.25, 0.3) is 0 Å². The molecule has 1 fully saturated rings. The maximum atomic E-state index is 12.9. The number of pyridine rings is 1. The number of hydrogen-bond donors (Lipinski definition) is 0. The first-order valence-electron chi connectivity index (χ1n) is 9.41. The fraction of sp³-hybridized carbons (Fsp3) is 0.409. The van der Waals surface area contributed by atoms with Crippen LogP contribution in [0.15, 0.2) is 36.5 Å². The minimum atomic E-state index is -0.00954. The lowest BCUT2D eigenvalue weighted by molar-refractivity contribution is 0.0650. The molecule has 0 saturated carbocycles. The van der Waals surface area contributed by atoms with E-state index in [-0.39, 0.29) is 17.6 Å². The first-order valence-corrected chi connectivity index (χ1v) is 9.41. The van der Waals surface area contributed by atoms with E-state index < -0.39 is 0 Å². The minimum absolute atomic E-state index is 0.00905. The van der Waals surface area contributed by atoms with Crippen LogP contribution in [0, 0.1) is 19.8 Å². The third-order valence-electron chi connectivity index (χ3n) is 5.25. The number of hydrogen-bond acceptors (Lipinski definition) is 4. The molecule has 0 unspecified atom stereocenters. The Kier molecular flexibility index (Phi) is 5.59. The molecule has 5 heteroatoms. The molecule has 1 amide bonds. The quantitative estimate of drug-likeness (QED) is 0.778. The van der Waals surface area contributed by atoms with Crippen LogP contribution in [0.1, 0.15) is 44.7 Å². The van der Waals surface area contributed by atoms with E-state index in [2.05, 4.69) is 11.1 Å². The van der Waals surface area contributed by atoms with Crippen LogP contribution in [0.2, 0.25) is 0 Å². The van der Waals surface area contributed by atoms with Crippen LogP contribution in [0.3, 0.4) is 0 Å². The van der Waals surface area contributed by atoms with Crippen molar-refractivity contribution in [1.82, 2.24) is 9.88 Å². The topological polar surface area (TPSA) is 53.5 Å². The zero-order valence-corrected chi connectivity index (χ0v) is 16.5. The number of anilines is 1. The number of carbonyl (C=O) groups is 2. The number of aromatic nitrogens is 1. The third kappa shape index (κ3) is 4.18. The SMILES string of the molecule is Cc1ccc(C(=O)C2CCN(C(=O)c3ccc(N(C)C)nc3)CC2)c(C)c1. The number of rotatable bonds is 4. The van der Waals surface area contributed by atoms with E-state index in [9.17, 15) is 9.59 Å². The lowest BCUT2D eigenvalue weighted by atomic mass is 9.87. The zero-order valence-electron chi connectivity index (χ0n) is 16.5. The van der Waals surface area contributed by atoms with Crippen molar-refractivity contribution in [1.29, 1.82) is 0 Å². The standard InChI is InChI=1S/C22H27N3O2/c1-15-5-7-19(16(2)13-15)21(26)17-9-11-25(12-10-17)22(27)18-6-8-20(23-14-18)24(3)4/h5-8,13-14,17H,9-12H2,1-4H3. The highest BCUT2D eigenvalue weighted by Gasteiger charge is 2.29. The van der Waals surface area contributed by atoms with Crippen molar-refractivity contribution in [3.8, 4) is 0 Å². The number of aryl methyl sites for hydroxylation is 2. The fourth-order valence-corrected chi connectivity index (χ4v) is 3.61. The van der Waals surface area contributed by atoms with Crippen molar-refractivity contribution in [3.05, 3.63) is 58.8 Å². The van der Waals surface area contributed by atoms with Crippen molar-refractivity contribution in [2.45, 2.75) is 26.7 Å². The second-order valence-corrected chi connectivity index (χ2v) is 7.55. The number of ketones is 1. The van der Waals surface area contributed by atoms with Gasteiger partial charge in [0.15, 0.2) is 5.78 Å². The van der Waals surface area contributed by atoms with E-state index in [4.69, 9.17) is 0 Å². The van der Waals surface area contributed by atoms with E-state index in [1.807, 2.05) is 62.0 Å². The monoisotopic (exact) mass is 365 g/mol. The van der Waals surface area contributed by atoms with Crippen LogP contribution in [-0.2, 0) is 0 Å². The van der Waals surface area contributed by atoms with Crippen LogP contribution >= 0.6 is 0 Å². The van der Waals surface area contributed by atoms with Gasteiger partial charge in [-0.3, -0.25) is 9.59 Å². The number of benzene rings is 1. The van der Waals surface area contributed by atoms with Crippen LogP contribution in [0.5, 0.6) is 0 Å². The Labute approximate surface area is 161 Å². The molecule has 0 N–H and O–H groups in total. The highest BCUT2D eigenvalue weighted by atomic mass is 16.2. The molecule has 1 aliphatic rings. The number of Topliss-reactive ketones (excluding diaryl/α,β-unsaturated/α-hetero) is 1. The van der Waals surface area contributed by atoms with Gasteiger partial charge in [-0.15, -0.1) is 0 Å². The van der Waals surface area contributed by atoms with Crippen molar-refractivity contribution < 1.29 is 9.59 Å². The van der Waals surface area contributed by atoms with E-state index in [1.165, 1.54) is 5.56 Å². The number of amides is 1. The van der Waals surface area contributed by atoms with Crippen molar-refractivity contribution in [2.75, 3.05) is 32.1 Å². The summed E-state index contributed by atoms with van der Waals surface area (Å²) in [6, 6.07) is 9.64. The van der Waals surface area contributed by atoms with Gasteiger partial charge in [-0.2, -0.15) is 0 Å². The highest BCUT2D eigenvalue weighted by Crippen LogP contribution is 2.25. The smallest absolute Gasteiger partial charge is 0.255 e. The summed E-state index contributed by atoms with van der Waals surface area (Å²) in [5.41, 5.74) is 3.61. The second-order valence-electron chi connectivity index (χ2n) is 7.55. The van der Waals surface area contributed by atoms with Crippen molar-refractivity contribution >= 4 is 17.5 Å². The minimum Gasteiger partial charge on any atom is -0.363 e. The van der Waals surface area contributed by atoms with Gasteiger partial charge in [0.2, 0.25) is 0 Å². The Bertz CT molecular complexity index is 835. The van der Waals surface area contributed by atoms with Gasteiger partial charge in [-0.1, -0.05) is 23.8 Å². The Morgan fingerprint density at radius 1 is 1.07 bits per heavy atom. The third-order valence-corrected chi connectivity index (χ3v) is 5.25. The molecule has 5 nitrogen and oxygen atoms in total. The molecule has 1 aromatic carbocycles. The molecule has 2 heterocycles. The molecular weight excluding hydrogens is 338 g/mol. The van der Waals surface area contributed by atoms with Crippen LogP contribution in [-0.4, -0.2) is 48.8 Å². The van der Waals surface area contributed by atoms with Crippen molar-refractivity contribution in [2.24, 2.45) is 5.92 Å². The summed E-state index contributed by atoms with van der Waals surface area (Å²) in [6.45, 7) is 5.24. The molecule has 0 atom stereocenters. The maximum Gasteiger partial charge on any atom is 0.255 e. The molecule has 1 aliphatic heterocycles. The maximum absolute atomic E-state index is 12.9. The largest absolute Gasteiger partial charge is 0.363 e. The number of nitrogens with zero attached hydrogens (tertiary/aromatic N) is 3. The number of likely N-dealkylation sites (tertiary alicyclic amines) is 1. The van der Waals surface area contributed by atoms with Gasteiger partial charge in [0.05, 0.1) is 5.56 Å². The predicted octanol–water partition coefficient (Wildman–Crippen LogP) is 3.50. The summed E-state index contributed by atoms with van der Waals surface area (Å²) in [6.07, 6.45) is 3.05. The first kappa shape index (κ1) is 19.1. The van der Waals surface area contributed by atoms with Gasteiger partial charge in [0, 0.05) is 44.9 Å². The normalized spacial score (nSPS) is 14.9. The summed E-state index contributed by atoms with van der Waals surface area (Å²) in [5, 5.41) is 0. The second kappa shape index (κ2) is 7.91.